The highest BCUT2D eigenvalue weighted by atomic mass is 14.8. The summed E-state index contributed by atoms with van der Waals surface area (Å²) in [4.78, 5) is 0. The Balaban J connectivity index is 4.49. The van der Waals surface area contributed by atoms with Crippen LogP contribution in [-0.4, -0.2) is 7.05 Å². The molecular weight excluding hydrogens is 182 g/mol. The molecule has 1 nitrogen and oxygen atoms in total. The zero-order valence-electron chi connectivity index (χ0n) is 11.7. The van der Waals surface area contributed by atoms with Gasteiger partial charge in [-0.05, 0) is 24.2 Å². The first kappa shape index (κ1) is 14.5. The predicted octanol–water partition coefficient (Wildman–Crippen LogP) is 4.21. The second-order valence-electron chi connectivity index (χ2n) is 6.55. The quantitative estimate of drug-likeness (QED) is 0.694. The number of nitrogens with one attached hydrogen (secondary N) is 1. The van der Waals surface area contributed by atoms with Crippen molar-refractivity contribution in [3.05, 3.63) is 12.3 Å². The van der Waals surface area contributed by atoms with Crippen LogP contribution in [-0.2, 0) is 0 Å². The zero-order valence-corrected chi connectivity index (χ0v) is 11.7. The predicted molar refractivity (Wildman–Crippen MR) is 69.8 cm³/mol. The molecule has 0 aliphatic heterocycles. The standard InChI is InChI=1S/C14H29N/c1-11(2)9-13(4,5)10-14(6,7)12(3)15-8/h11,15H,3,9-10H2,1-2,4-8H3. The molecule has 90 valence electrons. The van der Waals surface area contributed by atoms with E-state index in [2.05, 4.69) is 53.4 Å². The molecule has 0 amide bonds. The van der Waals surface area contributed by atoms with Crippen molar-refractivity contribution in [1.82, 2.24) is 5.32 Å². The second kappa shape index (κ2) is 5.05. The minimum atomic E-state index is 0.174. The van der Waals surface area contributed by atoms with E-state index < -0.39 is 0 Å². The fourth-order valence-corrected chi connectivity index (χ4v) is 2.82. The van der Waals surface area contributed by atoms with Crippen LogP contribution in [0.3, 0.4) is 0 Å². The van der Waals surface area contributed by atoms with Crippen molar-refractivity contribution in [3.8, 4) is 0 Å². The lowest BCUT2D eigenvalue weighted by atomic mass is 9.70. The second-order valence-corrected chi connectivity index (χ2v) is 6.55. The maximum atomic E-state index is 4.10. The van der Waals surface area contributed by atoms with Gasteiger partial charge in [0.1, 0.15) is 0 Å². The lowest BCUT2D eigenvalue weighted by molar-refractivity contribution is 0.186. The van der Waals surface area contributed by atoms with E-state index in [1.165, 1.54) is 12.8 Å². The summed E-state index contributed by atoms with van der Waals surface area (Å²) < 4.78 is 0. The highest BCUT2D eigenvalue weighted by Crippen LogP contribution is 2.40. The van der Waals surface area contributed by atoms with E-state index >= 15 is 0 Å². The summed E-state index contributed by atoms with van der Waals surface area (Å²) in [6.45, 7) is 17.9. The molecule has 1 heteroatoms. The van der Waals surface area contributed by atoms with Gasteiger partial charge in [-0.15, -0.1) is 0 Å². The normalized spacial score (nSPS) is 13.1. The molecule has 0 atom stereocenters. The Morgan fingerprint density at radius 1 is 1.20 bits per heavy atom. The van der Waals surface area contributed by atoms with Crippen LogP contribution < -0.4 is 5.32 Å². The number of hydrogen-bond acceptors (Lipinski definition) is 1. The van der Waals surface area contributed by atoms with Crippen molar-refractivity contribution in [1.29, 1.82) is 0 Å². The molecule has 0 fully saturated rings. The van der Waals surface area contributed by atoms with E-state index in [0.29, 0.717) is 5.41 Å². The van der Waals surface area contributed by atoms with Gasteiger partial charge in [0.15, 0.2) is 0 Å². The van der Waals surface area contributed by atoms with E-state index in [1.807, 2.05) is 7.05 Å². The molecule has 0 spiro atoms. The van der Waals surface area contributed by atoms with Crippen molar-refractivity contribution in [2.24, 2.45) is 16.7 Å². The SMILES string of the molecule is C=C(NC)C(C)(C)CC(C)(C)CC(C)C. The average Bonchev–Trinajstić information content (AvgIpc) is 1.97. The molecule has 0 saturated heterocycles. The topological polar surface area (TPSA) is 12.0 Å². The molecular formula is C14H29N. The lowest BCUT2D eigenvalue weighted by Gasteiger charge is -2.37. The molecule has 0 aromatic carbocycles. The highest BCUT2D eigenvalue weighted by molar-refractivity contribution is 5.05. The molecule has 0 aromatic rings. The van der Waals surface area contributed by atoms with Crippen molar-refractivity contribution in [2.75, 3.05) is 7.05 Å². The van der Waals surface area contributed by atoms with Gasteiger partial charge in [0.25, 0.3) is 0 Å². The summed E-state index contributed by atoms with van der Waals surface area (Å²) in [6, 6.07) is 0. The lowest BCUT2D eigenvalue weighted by Crippen LogP contribution is -2.30. The number of allylic oxidation sites excluding steroid dienone is 1. The van der Waals surface area contributed by atoms with Crippen molar-refractivity contribution in [3.63, 3.8) is 0 Å². The molecule has 0 radical (unpaired) electrons. The molecule has 0 unspecified atom stereocenters. The van der Waals surface area contributed by atoms with Gasteiger partial charge >= 0.3 is 0 Å². The van der Waals surface area contributed by atoms with E-state index in [-0.39, 0.29) is 5.41 Å². The largest absolute Gasteiger partial charge is 0.391 e. The van der Waals surface area contributed by atoms with Crippen LogP contribution in [0.4, 0.5) is 0 Å². The van der Waals surface area contributed by atoms with E-state index in [4.69, 9.17) is 0 Å². The molecule has 0 aromatic heterocycles. The van der Waals surface area contributed by atoms with Gasteiger partial charge in [-0.2, -0.15) is 0 Å². The van der Waals surface area contributed by atoms with Crippen LogP contribution in [0.5, 0.6) is 0 Å². The Morgan fingerprint density at radius 3 is 2.00 bits per heavy atom. The Kier molecular flexibility index (Phi) is 4.89. The monoisotopic (exact) mass is 211 g/mol. The van der Waals surface area contributed by atoms with E-state index in [1.54, 1.807) is 0 Å². The Hall–Kier alpha value is -0.460. The molecule has 0 heterocycles. The van der Waals surface area contributed by atoms with Gasteiger partial charge < -0.3 is 5.32 Å². The summed E-state index contributed by atoms with van der Waals surface area (Å²) in [5.41, 5.74) is 1.70. The van der Waals surface area contributed by atoms with Crippen molar-refractivity contribution < 1.29 is 0 Å². The van der Waals surface area contributed by atoms with Gasteiger partial charge in [-0.1, -0.05) is 48.1 Å². The van der Waals surface area contributed by atoms with Crippen LogP contribution in [0.1, 0.15) is 54.4 Å². The fourth-order valence-electron chi connectivity index (χ4n) is 2.82. The number of rotatable bonds is 6. The van der Waals surface area contributed by atoms with Crippen LogP contribution >= 0.6 is 0 Å². The van der Waals surface area contributed by atoms with Gasteiger partial charge in [-0.25, -0.2) is 0 Å². The Bertz CT molecular complexity index is 211. The third kappa shape index (κ3) is 5.25. The molecule has 0 bridgehead atoms. The van der Waals surface area contributed by atoms with Gasteiger partial charge in [0, 0.05) is 18.2 Å². The Labute approximate surface area is 96.3 Å². The summed E-state index contributed by atoms with van der Waals surface area (Å²) in [7, 11) is 1.96. The highest BCUT2D eigenvalue weighted by Gasteiger charge is 2.30. The maximum Gasteiger partial charge on any atom is 0.00886 e. The van der Waals surface area contributed by atoms with Crippen LogP contribution in [0, 0.1) is 16.7 Å². The third-order valence-electron chi connectivity index (χ3n) is 3.00. The molecule has 1 N–H and O–H groups in total. The fraction of sp³-hybridized carbons (Fsp3) is 0.857. The zero-order chi connectivity index (χ0) is 12.3. The van der Waals surface area contributed by atoms with E-state index in [9.17, 15) is 0 Å². The minimum absolute atomic E-state index is 0.174. The van der Waals surface area contributed by atoms with Crippen LogP contribution in [0.15, 0.2) is 12.3 Å². The smallest absolute Gasteiger partial charge is 0.00886 e. The number of hydrogen-bond donors (Lipinski definition) is 1. The Morgan fingerprint density at radius 2 is 1.67 bits per heavy atom. The molecule has 0 aliphatic carbocycles. The third-order valence-corrected chi connectivity index (χ3v) is 3.00. The maximum absolute atomic E-state index is 4.10. The molecule has 0 aliphatic rings. The average molecular weight is 211 g/mol. The molecule has 15 heavy (non-hydrogen) atoms. The summed E-state index contributed by atoms with van der Waals surface area (Å²) in [6.07, 6.45) is 2.45. The summed E-state index contributed by atoms with van der Waals surface area (Å²) in [5.74, 6) is 0.763. The first-order chi connectivity index (χ1) is 6.60. The van der Waals surface area contributed by atoms with Crippen molar-refractivity contribution >= 4 is 0 Å². The first-order valence-electron chi connectivity index (χ1n) is 5.98. The van der Waals surface area contributed by atoms with E-state index in [0.717, 1.165) is 11.6 Å². The van der Waals surface area contributed by atoms with Crippen LogP contribution in [0.25, 0.3) is 0 Å². The van der Waals surface area contributed by atoms with Gasteiger partial charge in [-0.3, -0.25) is 0 Å². The van der Waals surface area contributed by atoms with Crippen molar-refractivity contribution in [2.45, 2.75) is 54.4 Å². The summed E-state index contributed by atoms with van der Waals surface area (Å²) in [5, 5.41) is 3.19. The minimum Gasteiger partial charge on any atom is -0.391 e. The molecule has 0 rings (SSSR count). The molecule has 0 saturated carbocycles. The van der Waals surface area contributed by atoms with Crippen LogP contribution in [0.2, 0.25) is 0 Å². The summed E-state index contributed by atoms with van der Waals surface area (Å²) >= 11 is 0. The van der Waals surface area contributed by atoms with Gasteiger partial charge in [0.2, 0.25) is 0 Å². The first-order valence-corrected chi connectivity index (χ1v) is 5.98. The van der Waals surface area contributed by atoms with Gasteiger partial charge in [0.05, 0.1) is 0 Å².